The zero-order valence-electron chi connectivity index (χ0n) is 16.5. The number of aromatic nitrogens is 3. The van der Waals surface area contributed by atoms with Gasteiger partial charge in [0.2, 0.25) is 5.91 Å². The lowest BCUT2D eigenvalue weighted by Crippen LogP contribution is -2.30. The Morgan fingerprint density at radius 2 is 1.82 bits per heavy atom. The van der Waals surface area contributed by atoms with E-state index in [0.717, 1.165) is 11.1 Å². The van der Waals surface area contributed by atoms with Gasteiger partial charge in [-0.05, 0) is 28.2 Å². The molecule has 5 nitrogen and oxygen atoms in total. The van der Waals surface area contributed by atoms with E-state index in [1.807, 2.05) is 48.5 Å². The highest BCUT2D eigenvalue weighted by molar-refractivity contribution is 5.92. The van der Waals surface area contributed by atoms with E-state index < -0.39 is 0 Å². The van der Waals surface area contributed by atoms with Crippen molar-refractivity contribution < 1.29 is 4.79 Å². The Morgan fingerprint density at radius 1 is 1.11 bits per heavy atom. The number of nitrogens with one attached hydrogen (secondary N) is 1. The molecule has 0 spiro atoms. The number of carbonyl (C=O) groups is 1. The third kappa shape index (κ3) is 5.39. The van der Waals surface area contributed by atoms with Gasteiger partial charge in [0.1, 0.15) is 12.7 Å². The van der Waals surface area contributed by atoms with E-state index in [2.05, 4.69) is 48.3 Å². The minimum atomic E-state index is -0.191. The van der Waals surface area contributed by atoms with E-state index in [0.29, 0.717) is 6.54 Å². The molecule has 0 saturated carbocycles. The molecule has 144 valence electrons. The summed E-state index contributed by atoms with van der Waals surface area (Å²) in [5.74, 6) is -0.145. The van der Waals surface area contributed by atoms with Crippen molar-refractivity contribution in [3.63, 3.8) is 0 Å². The Balaban J connectivity index is 1.68. The highest BCUT2D eigenvalue weighted by Gasteiger charge is 2.15. The van der Waals surface area contributed by atoms with E-state index in [-0.39, 0.29) is 17.4 Å². The Labute approximate surface area is 166 Å². The summed E-state index contributed by atoms with van der Waals surface area (Å²) < 4.78 is 1.72. The third-order valence-corrected chi connectivity index (χ3v) is 4.56. The average molecular weight is 374 g/mol. The molecule has 0 bridgehead atoms. The van der Waals surface area contributed by atoms with Gasteiger partial charge in [0.15, 0.2) is 0 Å². The summed E-state index contributed by atoms with van der Waals surface area (Å²) >= 11 is 0. The van der Waals surface area contributed by atoms with E-state index >= 15 is 0 Å². The first-order valence-electron chi connectivity index (χ1n) is 9.38. The standard InChI is InChI=1S/C23H26N4O/c1-23(2,3)20-12-9-18(10-13-20)11-14-22(28)26-21(15-27-17-24-16-25-27)19-7-5-4-6-8-19/h4-14,16-17,21H,15H2,1-3H3,(H,26,28)/b14-11+. The predicted octanol–water partition coefficient (Wildman–Crippen LogP) is 4.15. The molecule has 1 aromatic heterocycles. The minimum Gasteiger partial charge on any atom is -0.344 e. The molecule has 0 aliphatic rings. The Hall–Kier alpha value is -3.21. The van der Waals surface area contributed by atoms with Crippen molar-refractivity contribution in [2.75, 3.05) is 0 Å². The van der Waals surface area contributed by atoms with Crippen LogP contribution in [0.25, 0.3) is 6.08 Å². The highest BCUT2D eigenvalue weighted by Crippen LogP contribution is 2.22. The topological polar surface area (TPSA) is 59.8 Å². The van der Waals surface area contributed by atoms with Gasteiger partial charge in [-0.3, -0.25) is 9.48 Å². The molecule has 28 heavy (non-hydrogen) atoms. The van der Waals surface area contributed by atoms with Crippen LogP contribution in [0.5, 0.6) is 0 Å². The zero-order valence-corrected chi connectivity index (χ0v) is 16.5. The van der Waals surface area contributed by atoms with Crippen LogP contribution in [0, 0.1) is 0 Å². The van der Waals surface area contributed by atoms with Gasteiger partial charge in [-0.25, -0.2) is 4.98 Å². The lowest BCUT2D eigenvalue weighted by molar-refractivity contribution is -0.117. The Kier molecular flexibility index (Phi) is 6.04. The van der Waals surface area contributed by atoms with Crippen LogP contribution in [0.3, 0.4) is 0 Å². The molecule has 0 radical (unpaired) electrons. The molecule has 1 unspecified atom stereocenters. The molecule has 5 heteroatoms. The first-order chi connectivity index (χ1) is 13.4. The van der Waals surface area contributed by atoms with Crippen LogP contribution in [0.4, 0.5) is 0 Å². The minimum absolute atomic E-state index is 0.115. The monoisotopic (exact) mass is 374 g/mol. The first-order valence-corrected chi connectivity index (χ1v) is 9.38. The van der Waals surface area contributed by atoms with Crippen molar-refractivity contribution in [3.8, 4) is 0 Å². The Bertz CT molecular complexity index is 907. The summed E-state index contributed by atoms with van der Waals surface area (Å²) in [6.45, 7) is 7.07. The van der Waals surface area contributed by atoms with Crippen LogP contribution < -0.4 is 5.32 Å². The highest BCUT2D eigenvalue weighted by atomic mass is 16.1. The van der Waals surface area contributed by atoms with Gasteiger partial charge in [0.25, 0.3) is 0 Å². The van der Waals surface area contributed by atoms with Crippen LogP contribution in [0.15, 0.2) is 73.3 Å². The smallest absolute Gasteiger partial charge is 0.244 e. The molecular formula is C23H26N4O. The fourth-order valence-electron chi connectivity index (χ4n) is 2.92. The quantitative estimate of drug-likeness (QED) is 0.660. The van der Waals surface area contributed by atoms with Gasteiger partial charge < -0.3 is 5.32 Å². The molecule has 1 atom stereocenters. The second kappa shape index (κ2) is 8.65. The number of hydrogen-bond acceptors (Lipinski definition) is 3. The lowest BCUT2D eigenvalue weighted by atomic mass is 9.87. The second-order valence-corrected chi connectivity index (χ2v) is 7.79. The molecular weight excluding hydrogens is 348 g/mol. The number of amides is 1. The number of rotatable bonds is 6. The van der Waals surface area contributed by atoms with E-state index in [4.69, 9.17) is 0 Å². The molecule has 3 aromatic rings. The van der Waals surface area contributed by atoms with Gasteiger partial charge in [-0.15, -0.1) is 0 Å². The fraction of sp³-hybridized carbons (Fsp3) is 0.261. The third-order valence-electron chi connectivity index (χ3n) is 4.56. The van der Waals surface area contributed by atoms with Gasteiger partial charge in [0, 0.05) is 6.08 Å². The number of nitrogens with zero attached hydrogens (tertiary/aromatic N) is 3. The maximum atomic E-state index is 12.5. The van der Waals surface area contributed by atoms with Crippen LogP contribution in [0.2, 0.25) is 0 Å². The van der Waals surface area contributed by atoms with Crippen molar-refractivity contribution in [1.82, 2.24) is 20.1 Å². The molecule has 0 aliphatic carbocycles. The summed E-state index contributed by atoms with van der Waals surface area (Å²) in [6.07, 6.45) is 6.54. The molecule has 0 saturated heterocycles. The van der Waals surface area contributed by atoms with E-state index in [1.165, 1.54) is 11.9 Å². The summed E-state index contributed by atoms with van der Waals surface area (Å²) in [4.78, 5) is 16.5. The van der Waals surface area contributed by atoms with Gasteiger partial charge in [0.05, 0.1) is 12.6 Å². The van der Waals surface area contributed by atoms with Crippen LogP contribution in [-0.4, -0.2) is 20.7 Å². The van der Waals surface area contributed by atoms with Crippen molar-refractivity contribution in [2.24, 2.45) is 0 Å². The summed E-state index contributed by atoms with van der Waals surface area (Å²) in [5, 5.41) is 7.21. The van der Waals surface area contributed by atoms with Crippen molar-refractivity contribution in [1.29, 1.82) is 0 Å². The lowest BCUT2D eigenvalue weighted by Gasteiger charge is -2.19. The number of carbonyl (C=O) groups excluding carboxylic acids is 1. The summed E-state index contributed by atoms with van der Waals surface area (Å²) in [6, 6.07) is 18.0. The van der Waals surface area contributed by atoms with Gasteiger partial charge >= 0.3 is 0 Å². The molecule has 0 fully saturated rings. The van der Waals surface area contributed by atoms with Crippen molar-refractivity contribution in [2.45, 2.75) is 38.8 Å². The van der Waals surface area contributed by atoms with Gasteiger partial charge in [-0.1, -0.05) is 75.4 Å². The van der Waals surface area contributed by atoms with Crippen LogP contribution in [0.1, 0.15) is 43.5 Å². The number of benzene rings is 2. The van der Waals surface area contributed by atoms with E-state index in [1.54, 1.807) is 17.1 Å². The summed E-state index contributed by atoms with van der Waals surface area (Å²) in [5.41, 5.74) is 3.40. The zero-order chi connectivity index (χ0) is 20.0. The molecule has 0 aliphatic heterocycles. The van der Waals surface area contributed by atoms with Gasteiger partial charge in [-0.2, -0.15) is 5.10 Å². The molecule has 1 heterocycles. The van der Waals surface area contributed by atoms with Crippen LogP contribution >= 0.6 is 0 Å². The average Bonchev–Trinajstić information content (AvgIpc) is 3.19. The van der Waals surface area contributed by atoms with Crippen molar-refractivity contribution in [3.05, 3.63) is 90.0 Å². The normalized spacial score (nSPS) is 12.8. The fourth-order valence-corrected chi connectivity index (χ4v) is 2.92. The summed E-state index contributed by atoms with van der Waals surface area (Å²) in [7, 11) is 0. The number of hydrogen-bond donors (Lipinski definition) is 1. The molecule has 1 N–H and O–H groups in total. The largest absolute Gasteiger partial charge is 0.344 e. The van der Waals surface area contributed by atoms with Crippen LogP contribution in [-0.2, 0) is 16.8 Å². The maximum Gasteiger partial charge on any atom is 0.244 e. The first kappa shape index (κ1) is 19.5. The van der Waals surface area contributed by atoms with Crippen molar-refractivity contribution >= 4 is 12.0 Å². The maximum absolute atomic E-state index is 12.5. The predicted molar refractivity (Wildman–Crippen MR) is 112 cm³/mol. The molecule has 2 aromatic carbocycles. The SMILES string of the molecule is CC(C)(C)c1ccc(/C=C/C(=O)NC(Cn2cncn2)c2ccccc2)cc1. The molecule has 1 amide bonds. The van der Waals surface area contributed by atoms with E-state index in [9.17, 15) is 4.79 Å². The molecule has 3 rings (SSSR count). The second-order valence-electron chi connectivity index (χ2n) is 7.79. The Morgan fingerprint density at radius 3 is 2.43 bits per heavy atom.